The lowest BCUT2D eigenvalue weighted by Gasteiger charge is -2.29. The summed E-state index contributed by atoms with van der Waals surface area (Å²) >= 11 is 0. The van der Waals surface area contributed by atoms with Crippen LogP contribution in [-0.4, -0.2) is 48.0 Å². The fraction of sp³-hybridized carbons (Fsp3) is 0.294. The molecule has 0 saturated heterocycles. The largest absolute Gasteiger partial charge is 0.451 e. The van der Waals surface area contributed by atoms with Gasteiger partial charge in [0.2, 0.25) is 20.9 Å². The van der Waals surface area contributed by atoms with Gasteiger partial charge in [0.05, 0.1) is 11.9 Å². The first kappa shape index (κ1) is 21.0. The molecule has 1 aliphatic heterocycles. The third-order valence-electron chi connectivity index (χ3n) is 4.28. The Balaban J connectivity index is 1.70. The summed E-state index contributed by atoms with van der Waals surface area (Å²) in [5.41, 5.74) is 1.50. The minimum absolute atomic E-state index is 0.261. The smallest absolute Gasteiger partial charge is 0.374 e. The molecule has 29 heavy (non-hydrogen) atoms. The van der Waals surface area contributed by atoms with Crippen LogP contribution in [0.15, 0.2) is 39.8 Å². The van der Waals surface area contributed by atoms with Gasteiger partial charge in [0.25, 0.3) is 10.0 Å². The Hall–Kier alpha value is -2.70. The van der Waals surface area contributed by atoms with Gasteiger partial charge in [-0.3, -0.25) is 9.10 Å². The number of nitrogens with two attached hydrogens (primary N) is 1. The summed E-state index contributed by atoms with van der Waals surface area (Å²) in [6.07, 6.45) is 2.36. The van der Waals surface area contributed by atoms with Crippen molar-refractivity contribution in [2.75, 3.05) is 23.7 Å². The number of esters is 1. The van der Waals surface area contributed by atoms with E-state index in [0.717, 1.165) is 18.4 Å². The van der Waals surface area contributed by atoms with E-state index < -0.39 is 49.3 Å². The number of rotatable bonds is 6. The van der Waals surface area contributed by atoms with Gasteiger partial charge >= 0.3 is 5.97 Å². The van der Waals surface area contributed by atoms with Crippen LogP contribution in [0.4, 0.5) is 5.69 Å². The lowest BCUT2D eigenvalue weighted by Crippen LogP contribution is -2.34. The van der Waals surface area contributed by atoms with Gasteiger partial charge in [0.1, 0.15) is 0 Å². The first-order valence-corrected chi connectivity index (χ1v) is 11.8. The van der Waals surface area contributed by atoms with Crippen molar-refractivity contribution in [3.63, 3.8) is 0 Å². The third kappa shape index (κ3) is 4.66. The maximum atomic E-state index is 12.4. The molecule has 0 spiro atoms. The number of carbonyl (C=O) groups excluding carboxylic acids is 2. The molecule has 3 rings (SSSR count). The van der Waals surface area contributed by atoms with Gasteiger partial charge in [0, 0.05) is 12.1 Å². The molecule has 0 fully saturated rings. The zero-order valence-electron chi connectivity index (χ0n) is 15.3. The van der Waals surface area contributed by atoms with Crippen molar-refractivity contribution in [2.24, 2.45) is 5.14 Å². The van der Waals surface area contributed by atoms with E-state index in [1.807, 2.05) is 0 Å². The summed E-state index contributed by atoms with van der Waals surface area (Å²) in [6.45, 7) is -0.223. The van der Waals surface area contributed by atoms with Crippen LogP contribution >= 0.6 is 0 Å². The number of ether oxygens (including phenoxy) is 1. The molecule has 1 aromatic carbocycles. The molecule has 0 saturated carbocycles. The normalized spacial score (nSPS) is 14.3. The van der Waals surface area contributed by atoms with E-state index in [4.69, 9.17) is 14.3 Å². The van der Waals surface area contributed by atoms with E-state index in [2.05, 4.69) is 0 Å². The maximum Gasteiger partial charge on any atom is 0.374 e. The molecule has 0 bridgehead atoms. The molecular formula is C17H18N2O8S2. The lowest BCUT2D eigenvalue weighted by atomic mass is 9.99. The Bertz CT molecular complexity index is 1180. The highest BCUT2D eigenvalue weighted by molar-refractivity contribution is 7.92. The van der Waals surface area contributed by atoms with Crippen molar-refractivity contribution in [2.45, 2.75) is 17.9 Å². The quantitative estimate of drug-likeness (QED) is 0.506. The highest BCUT2D eigenvalue weighted by atomic mass is 32.2. The zero-order chi connectivity index (χ0) is 21.4. The van der Waals surface area contributed by atoms with Crippen LogP contribution in [0.2, 0.25) is 0 Å². The molecule has 1 aromatic heterocycles. The highest BCUT2D eigenvalue weighted by Gasteiger charge is 2.25. The number of anilines is 1. The molecule has 156 valence electrons. The minimum Gasteiger partial charge on any atom is -0.451 e. The summed E-state index contributed by atoms with van der Waals surface area (Å²) in [4.78, 5) is 24.3. The van der Waals surface area contributed by atoms with E-state index in [-0.39, 0.29) is 5.56 Å². The Morgan fingerprint density at radius 1 is 1.17 bits per heavy atom. The topological polar surface area (TPSA) is 154 Å². The van der Waals surface area contributed by atoms with Gasteiger partial charge < -0.3 is 9.15 Å². The Kier molecular flexibility index (Phi) is 5.52. The molecule has 2 heterocycles. The molecule has 0 radical (unpaired) electrons. The van der Waals surface area contributed by atoms with E-state index >= 15 is 0 Å². The summed E-state index contributed by atoms with van der Waals surface area (Å²) in [5.74, 6) is -1.93. The SMILES string of the molecule is CS(=O)(=O)N1CCCc2cc(C(=O)COC(=O)c3ccc(S(N)(=O)=O)o3)ccc21. The minimum atomic E-state index is -4.10. The molecule has 2 aromatic rings. The van der Waals surface area contributed by atoms with Gasteiger partial charge in [-0.15, -0.1) is 0 Å². The number of benzene rings is 1. The molecular weight excluding hydrogens is 424 g/mol. The van der Waals surface area contributed by atoms with Crippen molar-refractivity contribution in [3.8, 4) is 0 Å². The second kappa shape index (κ2) is 7.61. The monoisotopic (exact) mass is 442 g/mol. The van der Waals surface area contributed by atoms with Crippen molar-refractivity contribution >= 4 is 37.5 Å². The van der Waals surface area contributed by atoms with Crippen LogP contribution in [0.3, 0.4) is 0 Å². The van der Waals surface area contributed by atoms with E-state index in [0.29, 0.717) is 30.6 Å². The fourth-order valence-corrected chi connectivity index (χ4v) is 4.41. The van der Waals surface area contributed by atoms with Crippen LogP contribution in [0.1, 0.15) is 32.9 Å². The van der Waals surface area contributed by atoms with Crippen LogP contribution in [-0.2, 0) is 31.2 Å². The van der Waals surface area contributed by atoms with Gasteiger partial charge in [0.15, 0.2) is 12.4 Å². The fourth-order valence-electron chi connectivity index (χ4n) is 2.95. The van der Waals surface area contributed by atoms with Crippen LogP contribution < -0.4 is 9.44 Å². The lowest BCUT2D eigenvalue weighted by molar-refractivity contribution is 0.0438. The van der Waals surface area contributed by atoms with Gasteiger partial charge in [-0.05, 0) is 48.7 Å². The number of primary sulfonamides is 1. The van der Waals surface area contributed by atoms with Crippen LogP contribution in [0, 0.1) is 0 Å². The average molecular weight is 442 g/mol. The predicted molar refractivity (Wildman–Crippen MR) is 102 cm³/mol. The first-order chi connectivity index (χ1) is 13.5. The number of hydrogen-bond acceptors (Lipinski definition) is 8. The second-order valence-corrected chi connectivity index (χ2v) is 9.84. The van der Waals surface area contributed by atoms with Crippen molar-refractivity contribution in [1.82, 2.24) is 0 Å². The number of nitrogens with zero attached hydrogens (tertiary/aromatic N) is 1. The Morgan fingerprint density at radius 2 is 1.90 bits per heavy atom. The molecule has 0 unspecified atom stereocenters. The number of Topliss-reactive ketones (excluding diaryl/α,β-unsaturated/α-hetero) is 1. The molecule has 10 nitrogen and oxygen atoms in total. The van der Waals surface area contributed by atoms with E-state index in [1.165, 1.54) is 10.4 Å². The highest BCUT2D eigenvalue weighted by Crippen LogP contribution is 2.30. The van der Waals surface area contributed by atoms with E-state index in [9.17, 15) is 26.4 Å². The van der Waals surface area contributed by atoms with Gasteiger partial charge in [-0.2, -0.15) is 0 Å². The number of furan rings is 1. The molecule has 1 aliphatic rings. The van der Waals surface area contributed by atoms with Crippen LogP contribution in [0.5, 0.6) is 0 Å². The number of aryl methyl sites for hydroxylation is 1. The molecule has 0 atom stereocenters. The number of ketones is 1. The first-order valence-electron chi connectivity index (χ1n) is 8.40. The van der Waals surface area contributed by atoms with E-state index in [1.54, 1.807) is 12.1 Å². The Morgan fingerprint density at radius 3 is 2.52 bits per heavy atom. The molecule has 0 amide bonds. The molecule has 2 N–H and O–H groups in total. The number of hydrogen-bond donors (Lipinski definition) is 1. The van der Waals surface area contributed by atoms with Gasteiger partial charge in [-0.1, -0.05) is 0 Å². The number of sulfonamides is 2. The van der Waals surface area contributed by atoms with Crippen molar-refractivity contribution in [1.29, 1.82) is 0 Å². The maximum absolute atomic E-state index is 12.4. The number of fused-ring (bicyclic) bond motifs is 1. The molecule has 0 aliphatic carbocycles. The predicted octanol–water partition coefficient (Wildman–Crippen LogP) is 0.679. The summed E-state index contributed by atoms with van der Waals surface area (Å²) in [7, 11) is -7.52. The Labute approximate surface area is 167 Å². The van der Waals surface area contributed by atoms with Crippen molar-refractivity contribution in [3.05, 3.63) is 47.2 Å². The second-order valence-electron chi connectivity index (χ2n) is 6.45. The molecule has 12 heteroatoms. The van der Waals surface area contributed by atoms with Crippen molar-refractivity contribution < 1.29 is 35.6 Å². The number of carbonyl (C=O) groups is 2. The third-order valence-corrected chi connectivity index (χ3v) is 6.24. The van der Waals surface area contributed by atoms with Crippen LogP contribution in [0.25, 0.3) is 0 Å². The zero-order valence-corrected chi connectivity index (χ0v) is 17.0. The standard InChI is InChI=1S/C17H18N2O8S2/c1-28(22,23)19-8-2-3-11-9-12(4-5-13(11)19)14(20)10-26-17(21)15-6-7-16(27-15)29(18,24)25/h4-7,9H,2-3,8,10H2,1H3,(H2,18,24,25). The summed E-state index contributed by atoms with van der Waals surface area (Å²) in [6, 6.07) is 6.67. The average Bonchev–Trinajstić information content (AvgIpc) is 3.15. The summed E-state index contributed by atoms with van der Waals surface area (Å²) < 4.78 is 57.1. The van der Waals surface area contributed by atoms with Gasteiger partial charge in [-0.25, -0.2) is 26.8 Å². The summed E-state index contributed by atoms with van der Waals surface area (Å²) in [5, 5.41) is 4.30.